The summed E-state index contributed by atoms with van der Waals surface area (Å²) in [5.41, 5.74) is 4.72. The smallest absolute Gasteiger partial charge is 0.255 e. The molecule has 27 heavy (non-hydrogen) atoms. The summed E-state index contributed by atoms with van der Waals surface area (Å²) in [6.07, 6.45) is 4.27. The van der Waals surface area contributed by atoms with Gasteiger partial charge in [-0.2, -0.15) is 0 Å². The Kier molecular flexibility index (Phi) is 4.96. The summed E-state index contributed by atoms with van der Waals surface area (Å²) in [6, 6.07) is 7.39. The number of H-pyrrole nitrogens is 1. The number of hydrogen-bond acceptors (Lipinski definition) is 4. The first-order valence-corrected chi connectivity index (χ1v) is 9.78. The molecule has 3 N–H and O–H groups in total. The van der Waals surface area contributed by atoms with Gasteiger partial charge in [-0.05, 0) is 40.8 Å². The van der Waals surface area contributed by atoms with Gasteiger partial charge >= 0.3 is 0 Å². The molecule has 1 aromatic carbocycles. The first kappa shape index (κ1) is 18.1. The number of methoxy groups -OCH3 is 1. The van der Waals surface area contributed by atoms with E-state index < -0.39 is 0 Å². The monoisotopic (exact) mass is 494 g/mol. The maximum atomic E-state index is 12.6. The molecule has 0 bridgehead atoms. The number of halogens is 2. The summed E-state index contributed by atoms with van der Waals surface area (Å²) in [5, 5.41) is 6.78. The number of amides is 1. The van der Waals surface area contributed by atoms with Gasteiger partial charge in [-0.3, -0.25) is 9.78 Å². The van der Waals surface area contributed by atoms with E-state index in [0.29, 0.717) is 34.3 Å². The van der Waals surface area contributed by atoms with E-state index in [9.17, 15) is 4.79 Å². The average Bonchev–Trinajstić information content (AvgIpc) is 3.02. The number of fused-ring (bicyclic) bond motifs is 1. The van der Waals surface area contributed by atoms with E-state index in [1.807, 2.05) is 18.2 Å². The second kappa shape index (κ2) is 7.40. The third-order valence-corrected chi connectivity index (χ3v) is 5.60. The van der Waals surface area contributed by atoms with E-state index in [0.717, 1.165) is 26.9 Å². The number of aromatic amines is 1. The van der Waals surface area contributed by atoms with Crippen molar-refractivity contribution in [1.29, 1.82) is 0 Å². The average molecular weight is 495 g/mol. The highest BCUT2D eigenvalue weighted by Gasteiger charge is 2.28. The summed E-state index contributed by atoms with van der Waals surface area (Å²) < 4.78 is 6.43. The zero-order chi connectivity index (χ0) is 19.0. The van der Waals surface area contributed by atoms with Crippen LogP contribution < -0.4 is 15.4 Å². The minimum absolute atomic E-state index is 0.105. The molecule has 0 saturated heterocycles. The van der Waals surface area contributed by atoms with Gasteiger partial charge in [-0.15, -0.1) is 0 Å². The molecular weight excluding hydrogens is 479 g/mol. The normalized spacial score (nSPS) is 13.1. The molecule has 1 aliphatic rings. The standard InChI is InChI=1S/C19H16ClIN4O2/c1-27-18-11(20)3-2-4-14(18)25-17-15-13(6-8-23-19(15)26)24-16(17)10-5-7-22-9-12(10)21/h2-5,7,9,24-25H,6,8H2,1H3,(H,23,26). The molecule has 4 rings (SSSR count). The number of ether oxygens (including phenoxy) is 1. The lowest BCUT2D eigenvalue weighted by Gasteiger charge is -2.17. The first-order chi connectivity index (χ1) is 13.1. The summed E-state index contributed by atoms with van der Waals surface area (Å²) >= 11 is 8.50. The summed E-state index contributed by atoms with van der Waals surface area (Å²) in [4.78, 5) is 20.2. The Balaban J connectivity index is 1.91. The molecule has 0 atom stereocenters. The Morgan fingerprint density at radius 1 is 1.33 bits per heavy atom. The molecule has 0 aliphatic carbocycles. The quantitative estimate of drug-likeness (QED) is 0.471. The van der Waals surface area contributed by atoms with Crippen molar-refractivity contribution in [3.05, 3.63) is 56.5 Å². The summed E-state index contributed by atoms with van der Waals surface area (Å²) in [6.45, 7) is 0.610. The second-order valence-electron chi connectivity index (χ2n) is 6.04. The van der Waals surface area contributed by atoms with Crippen molar-refractivity contribution in [2.75, 3.05) is 19.0 Å². The molecule has 8 heteroatoms. The fraction of sp³-hybridized carbons (Fsp3) is 0.158. The van der Waals surface area contributed by atoms with E-state index in [2.05, 4.69) is 43.2 Å². The van der Waals surface area contributed by atoms with Crippen LogP contribution in [0.5, 0.6) is 5.75 Å². The Bertz CT molecular complexity index is 1030. The van der Waals surface area contributed by atoms with Crippen LogP contribution in [0, 0.1) is 3.57 Å². The Hall–Kier alpha value is -2.26. The minimum Gasteiger partial charge on any atom is -0.493 e. The Morgan fingerprint density at radius 3 is 2.96 bits per heavy atom. The van der Waals surface area contributed by atoms with Crippen molar-refractivity contribution in [2.24, 2.45) is 0 Å². The van der Waals surface area contributed by atoms with Crippen LogP contribution in [0.3, 0.4) is 0 Å². The van der Waals surface area contributed by atoms with Crippen molar-refractivity contribution in [1.82, 2.24) is 15.3 Å². The van der Waals surface area contributed by atoms with Gasteiger partial charge < -0.3 is 20.4 Å². The maximum absolute atomic E-state index is 12.6. The topological polar surface area (TPSA) is 79.0 Å². The zero-order valence-corrected chi connectivity index (χ0v) is 17.3. The third-order valence-electron chi connectivity index (χ3n) is 4.44. The van der Waals surface area contributed by atoms with Gasteiger partial charge in [0.25, 0.3) is 5.91 Å². The second-order valence-corrected chi connectivity index (χ2v) is 7.61. The van der Waals surface area contributed by atoms with Gasteiger partial charge in [0.1, 0.15) is 0 Å². The van der Waals surface area contributed by atoms with E-state index in [-0.39, 0.29) is 5.91 Å². The van der Waals surface area contributed by atoms with Gasteiger partial charge in [0, 0.05) is 40.2 Å². The number of aromatic nitrogens is 2. The molecule has 3 heterocycles. The lowest BCUT2D eigenvalue weighted by atomic mass is 10.1. The van der Waals surface area contributed by atoms with Crippen molar-refractivity contribution in [3.63, 3.8) is 0 Å². The number of nitrogens with zero attached hydrogens (tertiary/aromatic N) is 1. The molecule has 3 aromatic rings. The van der Waals surface area contributed by atoms with E-state index in [4.69, 9.17) is 16.3 Å². The van der Waals surface area contributed by atoms with Crippen LogP contribution in [-0.4, -0.2) is 29.5 Å². The molecule has 0 spiro atoms. The van der Waals surface area contributed by atoms with Crippen LogP contribution in [0.1, 0.15) is 16.1 Å². The van der Waals surface area contributed by atoms with Crippen LogP contribution in [0.15, 0.2) is 36.7 Å². The van der Waals surface area contributed by atoms with Gasteiger partial charge in [0.15, 0.2) is 5.75 Å². The number of para-hydroxylation sites is 1. The molecule has 0 radical (unpaired) electrons. The van der Waals surface area contributed by atoms with Gasteiger partial charge in [0.05, 0.1) is 34.8 Å². The molecule has 6 nitrogen and oxygen atoms in total. The van der Waals surface area contributed by atoms with Crippen LogP contribution in [0.4, 0.5) is 11.4 Å². The van der Waals surface area contributed by atoms with Crippen molar-refractivity contribution < 1.29 is 9.53 Å². The lowest BCUT2D eigenvalue weighted by Crippen LogP contribution is -2.31. The number of pyridine rings is 1. The van der Waals surface area contributed by atoms with Gasteiger partial charge in [-0.25, -0.2) is 0 Å². The fourth-order valence-electron chi connectivity index (χ4n) is 3.23. The molecular formula is C19H16ClIN4O2. The molecule has 2 aromatic heterocycles. The minimum atomic E-state index is -0.105. The Morgan fingerprint density at radius 2 is 2.19 bits per heavy atom. The van der Waals surface area contributed by atoms with Crippen LogP contribution in [0.25, 0.3) is 11.3 Å². The zero-order valence-electron chi connectivity index (χ0n) is 14.4. The number of anilines is 2. The van der Waals surface area contributed by atoms with Crippen molar-refractivity contribution in [2.45, 2.75) is 6.42 Å². The predicted molar refractivity (Wildman–Crippen MR) is 114 cm³/mol. The maximum Gasteiger partial charge on any atom is 0.255 e. The van der Waals surface area contributed by atoms with Crippen LogP contribution in [-0.2, 0) is 6.42 Å². The Labute approximate surface area is 174 Å². The van der Waals surface area contributed by atoms with Crippen molar-refractivity contribution in [3.8, 4) is 17.0 Å². The van der Waals surface area contributed by atoms with Crippen LogP contribution >= 0.6 is 34.2 Å². The highest BCUT2D eigenvalue weighted by atomic mass is 127. The number of nitrogens with one attached hydrogen (secondary N) is 3. The SMILES string of the molecule is COc1c(Cl)cccc1Nc1c(-c2ccncc2I)[nH]c2c1C(=O)NCC2. The number of carbonyl (C=O) groups excluding carboxylic acids is 1. The van der Waals surface area contributed by atoms with E-state index in [1.54, 1.807) is 25.6 Å². The van der Waals surface area contributed by atoms with Gasteiger partial charge in [0.2, 0.25) is 0 Å². The fourth-order valence-corrected chi connectivity index (χ4v) is 4.10. The highest BCUT2D eigenvalue weighted by molar-refractivity contribution is 14.1. The number of benzene rings is 1. The van der Waals surface area contributed by atoms with E-state index >= 15 is 0 Å². The summed E-state index contributed by atoms with van der Waals surface area (Å²) in [5.74, 6) is 0.423. The van der Waals surface area contributed by atoms with Crippen LogP contribution in [0.2, 0.25) is 5.02 Å². The number of carbonyl (C=O) groups is 1. The summed E-state index contributed by atoms with van der Waals surface area (Å²) in [7, 11) is 1.57. The highest BCUT2D eigenvalue weighted by Crippen LogP contribution is 2.41. The molecule has 0 unspecified atom stereocenters. The van der Waals surface area contributed by atoms with E-state index in [1.165, 1.54) is 0 Å². The third kappa shape index (κ3) is 3.25. The number of rotatable bonds is 4. The van der Waals surface area contributed by atoms with Gasteiger partial charge in [-0.1, -0.05) is 17.7 Å². The number of hydrogen-bond donors (Lipinski definition) is 3. The molecule has 1 aliphatic heterocycles. The molecule has 0 fully saturated rings. The first-order valence-electron chi connectivity index (χ1n) is 8.32. The largest absolute Gasteiger partial charge is 0.493 e. The molecule has 0 saturated carbocycles. The molecule has 138 valence electrons. The lowest BCUT2D eigenvalue weighted by molar-refractivity contribution is 0.0947. The molecule has 1 amide bonds. The van der Waals surface area contributed by atoms with Crippen molar-refractivity contribution >= 4 is 51.5 Å². The predicted octanol–water partition coefficient (Wildman–Crippen LogP) is 4.37.